The van der Waals surface area contributed by atoms with Crippen LogP contribution in [0.2, 0.25) is 5.02 Å². The van der Waals surface area contributed by atoms with E-state index in [1.165, 1.54) is 5.56 Å². The number of nitrogens with one attached hydrogen (secondary N) is 1. The first-order valence-corrected chi connectivity index (χ1v) is 6.87. The second kappa shape index (κ2) is 7.10. The Hall–Kier alpha value is -0.610. The molecule has 0 amide bonds. The molecule has 1 aromatic rings. The highest BCUT2D eigenvalue weighted by molar-refractivity contribution is 6.30. The zero-order chi connectivity index (χ0) is 12.8. The van der Waals surface area contributed by atoms with Gasteiger partial charge in [-0.05, 0) is 31.2 Å². The maximum Gasteiger partial charge on any atom is 0.0826 e. The van der Waals surface area contributed by atoms with Crippen LogP contribution in [0.25, 0.3) is 0 Å². The first-order valence-electron chi connectivity index (χ1n) is 6.49. The molecule has 0 radical (unpaired) electrons. The van der Waals surface area contributed by atoms with Crippen LogP contribution in [-0.2, 0) is 11.2 Å². The van der Waals surface area contributed by atoms with Crippen molar-refractivity contribution in [1.29, 1.82) is 0 Å². The lowest BCUT2D eigenvalue weighted by atomic mass is 10.1. The quantitative estimate of drug-likeness (QED) is 0.881. The minimum atomic E-state index is 0.328. The van der Waals surface area contributed by atoms with Crippen LogP contribution in [0.1, 0.15) is 5.56 Å². The number of nitrogens with zero attached hydrogens (tertiary/aromatic N) is 1. The van der Waals surface area contributed by atoms with Crippen molar-refractivity contribution in [2.75, 3.05) is 39.8 Å². The molecule has 0 saturated carbocycles. The van der Waals surface area contributed by atoms with E-state index in [2.05, 4.69) is 29.4 Å². The maximum absolute atomic E-state index is 5.87. The molecular weight excluding hydrogens is 248 g/mol. The highest BCUT2D eigenvalue weighted by Crippen LogP contribution is 2.10. The summed E-state index contributed by atoms with van der Waals surface area (Å²) in [7, 11) is 2.15. The molecule has 0 bridgehead atoms. The van der Waals surface area contributed by atoms with Crippen LogP contribution in [0.4, 0.5) is 0 Å². The van der Waals surface area contributed by atoms with Crippen molar-refractivity contribution < 1.29 is 4.74 Å². The highest BCUT2D eigenvalue weighted by atomic mass is 35.5. The summed E-state index contributed by atoms with van der Waals surface area (Å²) in [6, 6.07) is 8.08. The number of hydrogen-bond donors (Lipinski definition) is 1. The van der Waals surface area contributed by atoms with Gasteiger partial charge in [0.15, 0.2) is 0 Å². The molecule has 1 saturated heterocycles. The van der Waals surface area contributed by atoms with Crippen molar-refractivity contribution in [3.05, 3.63) is 34.9 Å². The zero-order valence-electron chi connectivity index (χ0n) is 10.9. The first-order chi connectivity index (χ1) is 8.74. The molecule has 2 rings (SSSR count). The molecule has 3 nitrogen and oxygen atoms in total. The second-order valence-electron chi connectivity index (χ2n) is 4.84. The second-order valence-corrected chi connectivity index (χ2v) is 5.27. The topological polar surface area (TPSA) is 24.5 Å². The van der Waals surface area contributed by atoms with Gasteiger partial charge >= 0.3 is 0 Å². The van der Waals surface area contributed by atoms with E-state index in [0.717, 1.165) is 44.2 Å². The van der Waals surface area contributed by atoms with E-state index in [4.69, 9.17) is 16.3 Å². The highest BCUT2D eigenvalue weighted by Gasteiger charge is 2.15. The molecule has 0 aliphatic carbocycles. The fraction of sp³-hybridized carbons (Fsp3) is 0.571. The molecule has 100 valence electrons. The number of rotatable bonds is 5. The average molecular weight is 269 g/mol. The number of morpholine rings is 1. The normalized spacial score (nSPS) is 20.3. The van der Waals surface area contributed by atoms with Crippen molar-refractivity contribution in [3.63, 3.8) is 0 Å². The Morgan fingerprint density at radius 2 is 2.17 bits per heavy atom. The van der Waals surface area contributed by atoms with Gasteiger partial charge in [-0.1, -0.05) is 23.7 Å². The minimum Gasteiger partial charge on any atom is -0.374 e. The largest absolute Gasteiger partial charge is 0.374 e. The third-order valence-electron chi connectivity index (χ3n) is 3.22. The molecule has 1 fully saturated rings. The van der Waals surface area contributed by atoms with Gasteiger partial charge in [-0.2, -0.15) is 0 Å². The molecule has 1 aliphatic rings. The fourth-order valence-corrected chi connectivity index (χ4v) is 2.27. The standard InChI is InChI=1S/C14H21ClN2O/c1-17(11-14-10-16-7-9-18-14)8-6-12-2-4-13(15)5-3-12/h2-5,14,16H,6-11H2,1H3. The van der Waals surface area contributed by atoms with Crippen molar-refractivity contribution >= 4 is 11.6 Å². The summed E-state index contributed by atoms with van der Waals surface area (Å²) < 4.78 is 5.69. The van der Waals surface area contributed by atoms with E-state index in [-0.39, 0.29) is 0 Å². The van der Waals surface area contributed by atoms with E-state index in [1.54, 1.807) is 0 Å². The molecule has 1 aliphatic heterocycles. The first kappa shape index (κ1) is 13.8. The van der Waals surface area contributed by atoms with E-state index < -0.39 is 0 Å². The number of halogens is 1. The van der Waals surface area contributed by atoms with Crippen LogP contribution in [-0.4, -0.2) is 50.8 Å². The summed E-state index contributed by atoms with van der Waals surface area (Å²) in [5.41, 5.74) is 1.33. The van der Waals surface area contributed by atoms with Gasteiger partial charge in [0.2, 0.25) is 0 Å². The van der Waals surface area contributed by atoms with Crippen LogP contribution in [0.3, 0.4) is 0 Å². The summed E-state index contributed by atoms with van der Waals surface area (Å²) in [4.78, 5) is 2.33. The molecule has 0 aromatic heterocycles. The summed E-state index contributed by atoms with van der Waals surface area (Å²) in [5.74, 6) is 0. The molecule has 1 atom stereocenters. The SMILES string of the molecule is CN(CCc1ccc(Cl)cc1)CC1CNCCO1. The lowest BCUT2D eigenvalue weighted by Gasteiger charge is -2.28. The summed E-state index contributed by atoms with van der Waals surface area (Å²) in [6.45, 7) is 4.80. The van der Waals surface area contributed by atoms with Gasteiger partial charge in [0.05, 0.1) is 12.7 Å². The molecule has 1 heterocycles. The Morgan fingerprint density at radius 3 is 2.83 bits per heavy atom. The lowest BCUT2D eigenvalue weighted by molar-refractivity contribution is 0.0103. The predicted octanol–water partition coefficient (Wildman–Crippen LogP) is 1.80. The molecule has 1 unspecified atom stereocenters. The summed E-state index contributed by atoms with van der Waals surface area (Å²) in [5, 5.41) is 4.15. The summed E-state index contributed by atoms with van der Waals surface area (Å²) >= 11 is 5.87. The molecular formula is C14H21ClN2O. The lowest BCUT2D eigenvalue weighted by Crippen LogP contribution is -2.44. The Morgan fingerprint density at radius 1 is 1.39 bits per heavy atom. The van der Waals surface area contributed by atoms with Crippen LogP contribution in [0.15, 0.2) is 24.3 Å². The Kier molecular flexibility index (Phi) is 5.45. The van der Waals surface area contributed by atoms with E-state index >= 15 is 0 Å². The van der Waals surface area contributed by atoms with Gasteiger partial charge in [-0.25, -0.2) is 0 Å². The average Bonchev–Trinajstić information content (AvgIpc) is 2.39. The predicted molar refractivity (Wildman–Crippen MR) is 75.3 cm³/mol. The molecule has 4 heteroatoms. The Balaban J connectivity index is 1.70. The van der Waals surface area contributed by atoms with Crippen molar-refractivity contribution in [1.82, 2.24) is 10.2 Å². The molecule has 1 N–H and O–H groups in total. The van der Waals surface area contributed by atoms with Gasteiger partial charge in [0.25, 0.3) is 0 Å². The van der Waals surface area contributed by atoms with Crippen molar-refractivity contribution in [2.45, 2.75) is 12.5 Å². The van der Waals surface area contributed by atoms with Gasteiger partial charge in [-0.3, -0.25) is 0 Å². The minimum absolute atomic E-state index is 0.328. The Bertz CT molecular complexity index is 349. The zero-order valence-corrected chi connectivity index (χ0v) is 11.6. The molecule has 18 heavy (non-hydrogen) atoms. The van der Waals surface area contributed by atoms with Gasteiger partial charge in [-0.15, -0.1) is 0 Å². The van der Waals surface area contributed by atoms with Crippen LogP contribution >= 0.6 is 11.6 Å². The number of likely N-dealkylation sites (N-methyl/N-ethyl adjacent to an activating group) is 1. The van der Waals surface area contributed by atoms with Gasteiger partial charge in [0.1, 0.15) is 0 Å². The summed E-state index contributed by atoms with van der Waals surface area (Å²) in [6.07, 6.45) is 1.38. The van der Waals surface area contributed by atoms with Crippen LogP contribution in [0, 0.1) is 0 Å². The van der Waals surface area contributed by atoms with E-state index in [1.807, 2.05) is 12.1 Å². The molecule has 1 aromatic carbocycles. The van der Waals surface area contributed by atoms with E-state index in [0.29, 0.717) is 6.10 Å². The Labute approximate surface area is 114 Å². The smallest absolute Gasteiger partial charge is 0.0826 e. The third-order valence-corrected chi connectivity index (χ3v) is 3.47. The maximum atomic E-state index is 5.87. The van der Waals surface area contributed by atoms with Gasteiger partial charge in [0, 0.05) is 31.2 Å². The van der Waals surface area contributed by atoms with Gasteiger partial charge < -0.3 is 15.0 Å². The third kappa shape index (κ3) is 4.58. The van der Waals surface area contributed by atoms with Crippen LogP contribution < -0.4 is 5.32 Å². The number of ether oxygens (including phenoxy) is 1. The van der Waals surface area contributed by atoms with Crippen molar-refractivity contribution in [3.8, 4) is 0 Å². The van der Waals surface area contributed by atoms with Crippen LogP contribution in [0.5, 0.6) is 0 Å². The van der Waals surface area contributed by atoms with Crippen molar-refractivity contribution in [2.24, 2.45) is 0 Å². The van der Waals surface area contributed by atoms with E-state index in [9.17, 15) is 0 Å². The fourth-order valence-electron chi connectivity index (χ4n) is 2.15. The monoisotopic (exact) mass is 268 g/mol. The number of benzene rings is 1. The molecule has 0 spiro atoms. The number of hydrogen-bond acceptors (Lipinski definition) is 3.